The lowest BCUT2D eigenvalue weighted by atomic mass is 9.76. The maximum atomic E-state index is 11.3. The summed E-state index contributed by atoms with van der Waals surface area (Å²) in [5.74, 6) is 0.147. The standard InChI is InChI=1S/C13H16ClNO/c1-13(7-11-5-3-2-4-6-11)9-15(10-13)12(16)8-14/h2-6H,7-10H2,1H3. The van der Waals surface area contributed by atoms with Gasteiger partial charge in [0.1, 0.15) is 5.88 Å². The average Bonchev–Trinajstić information content (AvgIpc) is 2.26. The van der Waals surface area contributed by atoms with E-state index in [1.165, 1.54) is 5.56 Å². The Bertz CT molecular complexity index is 371. The number of hydrogen-bond acceptors (Lipinski definition) is 1. The minimum atomic E-state index is 0.0483. The van der Waals surface area contributed by atoms with Gasteiger partial charge in [-0.3, -0.25) is 4.79 Å². The van der Waals surface area contributed by atoms with Crippen LogP contribution in [0.3, 0.4) is 0 Å². The van der Waals surface area contributed by atoms with Crippen molar-refractivity contribution in [2.75, 3.05) is 19.0 Å². The van der Waals surface area contributed by atoms with Crippen molar-refractivity contribution >= 4 is 17.5 Å². The Morgan fingerprint density at radius 3 is 2.56 bits per heavy atom. The first-order chi connectivity index (χ1) is 7.63. The molecule has 0 spiro atoms. The molecule has 16 heavy (non-hydrogen) atoms. The summed E-state index contributed by atoms with van der Waals surface area (Å²) in [6.07, 6.45) is 1.03. The second-order valence-electron chi connectivity index (χ2n) is 4.86. The Labute approximate surface area is 101 Å². The van der Waals surface area contributed by atoms with Crippen molar-refractivity contribution in [1.29, 1.82) is 0 Å². The molecule has 1 amide bonds. The monoisotopic (exact) mass is 237 g/mol. The molecule has 2 rings (SSSR count). The van der Waals surface area contributed by atoms with Crippen LogP contribution in [0.5, 0.6) is 0 Å². The predicted molar refractivity (Wildman–Crippen MR) is 65.6 cm³/mol. The van der Waals surface area contributed by atoms with Gasteiger partial charge in [0.25, 0.3) is 0 Å². The molecular weight excluding hydrogens is 222 g/mol. The molecule has 3 heteroatoms. The van der Waals surface area contributed by atoms with Crippen LogP contribution in [-0.4, -0.2) is 29.8 Å². The van der Waals surface area contributed by atoms with E-state index in [0.717, 1.165) is 19.5 Å². The fraction of sp³-hybridized carbons (Fsp3) is 0.462. The molecule has 1 saturated heterocycles. The highest BCUT2D eigenvalue weighted by Gasteiger charge is 2.40. The largest absolute Gasteiger partial charge is 0.340 e. The zero-order valence-electron chi connectivity index (χ0n) is 9.45. The quantitative estimate of drug-likeness (QED) is 0.739. The van der Waals surface area contributed by atoms with E-state index in [0.29, 0.717) is 0 Å². The number of carbonyl (C=O) groups excluding carboxylic acids is 1. The molecule has 1 heterocycles. The second-order valence-corrected chi connectivity index (χ2v) is 5.12. The lowest BCUT2D eigenvalue weighted by Gasteiger charge is -2.48. The fourth-order valence-electron chi connectivity index (χ4n) is 2.34. The van der Waals surface area contributed by atoms with Gasteiger partial charge in [-0.15, -0.1) is 11.6 Å². The number of amides is 1. The minimum absolute atomic E-state index is 0.0483. The van der Waals surface area contributed by atoms with E-state index in [1.54, 1.807) is 0 Å². The Morgan fingerprint density at radius 2 is 2.00 bits per heavy atom. The zero-order chi connectivity index (χ0) is 11.6. The van der Waals surface area contributed by atoms with Gasteiger partial charge < -0.3 is 4.90 Å². The molecule has 1 aromatic rings. The van der Waals surface area contributed by atoms with E-state index in [-0.39, 0.29) is 17.2 Å². The van der Waals surface area contributed by atoms with Crippen LogP contribution in [0.4, 0.5) is 0 Å². The summed E-state index contributed by atoms with van der Waals surface area (Å²) in [7, 11) is 0. The van der Waals surface area contributed by atoms with Gasteiger partial charge >= 0.3 is 0 Å². The van der Waals surface area contributed by atoms with Crippen molar-refractivity contribution in [2.45, 2.75) is 13.3 Å². The normalized spacial score (nSPS) is 18.0. The summed E-state index contributed by atoms with van der Waals surface area (Å²) in [5.41, 5.74) is 1.56. The van der Waals surface area contributed by atoms with E-state index in [4.69, 9.17) is 11.6 Å². The van der Waals surface area contributed by atoms with Crippen molar-refractivity contribution in [3.05, 3.63) is 35.9 Å². The van der Waals surface area contributed by atoms with Crippen molar-refractivity contribution in [3.63, 3.8) is 0 Å². The number of nitrogens with zero attached hydrogens (tertiary/aromatic N) is 1. The molecule has 1 aliphatic heterocycles. The highest BCUT2D eigenvalue weighted by atomic mass is 35.5. The maximum Gasteiger partial charge on any atom is 0.237 e. The first-order valence-electron chi connectivity index (χ1n) is 5.51. The average molecular weight is 238 g/mol. The third-order valence-electron chi connectivity index (χ3n) is 3.09. The third-order valence-corrected chi connectivity index (χ3v) is 3.31. The molecule has 0 saturated carbocycles. The molecule has 0 aromatic heterocycles. The lowest BCUT2D eigenvalue weighted by Crippen LogP contribution is -2.58. The van der Waals surface area contributed by atoms with Gasteiger partial charge in [0.2, 0.25) is 5.91 Å². The molecule has 0 unspecified atom stereocenters. The van der Waals surface area contributed by atoms with Crippen LogP contribution in [-0.2, 0) is 11.2 Å². The van der Waals surface area contributed by atoms with Crippen molar-refractivity contribution in [3.8, 4) is 0 Å². The molecule has 1 aliphatic rings. The molecule has 0 atom stereocenters. The van der Waals surface area contributed by atoms with Crippen molar-refractivity contribution in [1.82, 2.24) is 4.90 Å². The second kappa shape index (κ2) is 4.46. The first-order valence-corrected chi connectivity index (χ1v) is 6.04. The summed E-state index contributed by atoms with van der Waals surface area (Å²) < 4.78 is 0. The van der Waals surface area contributed by atoms with E-state index >= 15 is 0 Å². The molecule has 1 aromatic carbocycles. The molecule has 2 nitrogen and oxygen atoms in total. The van der Waals surface area contributed by atoms with E-state index in [1.807, 2.05) is 11.0 Å². The fourth-order valence-corrected chi connectivity index (χ4v) is 2.51. The Balaban J connectivity index is 1.91. The highest BCUT2D eigenvalue weighted by molar-refractivity contribution is 6.27. The summed E-state index contributed by atoms with van der Waals surface area (Å²) in [5, 5.41) is 0. The van der Waals surface area contributed by atoms with E-state index < -0.39 is 0 Å². The Hall–Kier alpha value is -1.02. The van der Waals surface area contributed by atoms with Gasteiger partial charge in [0.05, 0.1) is 0 Å². The SMILES string of the molecule is CC1(Cc2ccccc2)CN(C(=O)CCl)C1. The zero-order valence-corrected chi connectivity index (χ0v) is 10.2. The summed E-state index contributed by atoms with van der Waals surface area (Å²) in [4.78, 5) is 13.2. The van der Waals surface area contributed by atoms with Gasteiger partial charge in [-0.25, -0.2) is 0 Å². The summed E-state index contributed by atoms with van der Waals surface area (Å²) in [6, 6.07) is 10.4. The molecule has 0 bridgehead atoms. The first kappa shape index (κ1) is 11.5. The molecule has 0 radical (unpaired) electrons. The third kappa shape index (κ3) is 2.38. The van der Waals surface area contributed by atoms with Crippen LogP contribution in [0.25, 0.3) is 0 Å². The smallest absolute Gasteiger partial charge is 0.237 e. The van der Waals surface area contributed by atoms with Gasteiger partial charge in [-0.2, -0.15) is 0 Å². The number of hydrogen-bond donors (Lipinski definition) is 0. The van der Waals surface area contributed by atoms with Crippen LogP contribution in [0, 0.1) is 5.41 Å². The van der Waals surface area contributed by atoms with Crippen LogP contribution >= 0.6 is 11.6 Å². The van der Waals surface area contributed by atoms with Gasteiger partial charge in [0.15, 0.2) is 0 Å². The summed E-state index contributed by atoms with van der Waals surface area (Å²) in [6.45, 7) is 3.87. The van der Waals surface area contributed by atoms with E-state index in [9.17, 15) is 4.79 Å². The molecule has 0 aliphatic carbocycles. The van der Waals surface area contributed by atoms with Crippen molar-refractivity contribution in [2.24, 2.45) is 5.41 Å². The topological polar surface area (TPSA) is 20.3 Å². The molecular formula is C13H16ClNO. The van der Waals surface area contributed by atoms with Crippen LogP contribution < -0.4 is 0 Å². The van der Waals surface area contributed by atoms with E-state index in [2.05, 4.69) is 31.2 Å². The highest BCUT2D eigenvalue weighted by Crippen LogP contribution is 2.33. The van der Waals surface area contributed by atoms with Gasteiger partial charge in [-0.05, 0) is 12.0 Å². The molecule has 1 fully saturated rings. The number of alkyl halides is 1. The Kier molecular flexibility index (Phi) is 3.20. The minimum Gasteiger partial charge on any atom is -0.340 e. The number of halogens is 1. The number of likely N-dealkylation sites (tertiary alicyclic amines) is 1. The van der Waals surface area contributed by atoms with Crippen LogP contribution in [0.15, 0.2) is 30.3 Å². The Morgan fingerprint density at radius 1 is 1.38 bits per heavy atom. The number of benzene rings is 1. The van der Waals surface area contributed by atoms with Gasteiger partial charge in [-0.1, -0.05) is 37.3 Å². The van der Waals surface area contributed by atoms with Crippen LogP contribution in [0.1, 0.15) is 12.5 Å². The number of carbonyl (C=O) groups is 1. The number of rotatable bonds is 3. The molecule has 86 valence electrons. The summed E-state index contributed by atoms with van der Waals surface area (Å²) >= 11 is 5.52. The predicted octanol–water partition coefficient (Wildman–Crippen LogP) is 2.32. The lowest BCUT2D eigenvalue weighted by molar-refractivity contribution is -0.139. The van der Waals surface area contributed by atoms with Gasteiger partial charge in [0, 0.05) is 18.5 Å². The van der Waals surface area contributed by atoms with Crippen LogP contribution in [0.2, 0.25) is 0 Å². The molecule has 0 N–H and O–H groups in total. The van der Waals surface area contributed by atoms with Crippen molar-refractivity contribution < 1.29 is 4.79 Å². The maximum absolute atomic E-state index is 11.3.